The topological polar surface area (TPSA) is 64.6 Å². The normalized spacial score (nSPS) is 11.8. The van der Waals surface area contributed by atoms with Crippen molar-refractivity contribution in [1.82, 2.24) is 5.32 Å². The highest BCUT2D eigenvalue weighted by molar-refractivity contribution is 5.81. The first-order valence-electron chi connectivity index (χ1n) is 7.82. The van der Waals surface area contributed by atoms with Crippen LogP contribution in [0.1, 0.15) is 41.0 Å². The second-order valence-corrected chi connectivity index (χ2v) is 7.55. The summed E-state index contributed by atoms with van der Waals surface area (Å²) >= 11 is 0. The van der Waals surface area contributed by atoms with Gasteiger partial charge in [-0.05, 0) is 37.8 Å². The van der Waals surface area contributed by atoms with Gasteiger partial charge in [-0.25, -0.2) is 9.18 Å². The molecular formula is C18H26FNO4. The SMILES string of the molecule is CC(C)(C)CC(C)(C)NC(=O)COC(=O)COc1ccccc1F. The molecule has 1 amide bonds. The zero-order chi connectivity index (χ0) is 18.4. The summed E-state index contributed by atoms with van der Waals surface area (Å²) in [5, 5.41) is 2.83. The van der Waals surface area contributed by atoms with E-state index in [9.17, 15) is 14.0 Å². The Bertz CT molecular complexity index is 579. The third kappa shape index (κ3) is 7.94. The van der Waals surface area contributed by atoms with E-state index in [-0.39, 0.29) is 17.1 Å². The summed E-state index contributed by atoms with van der Waals surface area (Å²) < 4.78 is 23.2. The van der Waals surface area contributed by atoms with E-state index in [1.807, 2.05) is 13.8 Å². The highest BCUT2D eigenvalue weighted by Gasteiger charge is 2.27. The van der Waals surface area contributed by atoms with Crippen LogP contribution in [0.4, 0.5) is 4.39 Å². The molecule has 0 saturated carbocycles. The summed E-state index contributed by atoms with van der Waals surface area (Å²) in [6, 6.07) is 5.74. The maximum atomic E-state index is 13.3. The van der Waals surface area contributed by atoms with E-state index in [2.05, 4.69) is 26.1 Å². The Morgan fingerprint density at radius 1 is 1.08 bits per heavy atom. The molecule has 24 heavy (non-hydrogen) atoms. The minimum Gasteiger partial charge on any atom is -0.479 e. The van der Waals surface area contributed by atoms with Gasteiger partial charge >= 0.3 is 5.97 Å². The minimum atomic E-state index is -0.734. The van der Waals surface area contributed by atoms with Crippen LogP contribution < -0.4 is 10.1 Å². The summed E-state index contributed by atoms with van der Waals surface area (Å²) in [7, 11) is 0. The molecule has 1 aromatic rings. The Kier molecular flexibility index (Phi) is 6.75. The van der Waals surface area contributed by atoms with Crippen LogP contribution in [0.15, 0.2) is 24.3 Å². The molecule has 0 unspecified atom stereocenters. The number of rotatable bonds is 7. The smallest absolute Gasteiger partial charge is 0.344 e. The number of nitrogens with one attached hydrogen (secondary N) is 1. The number of halogens is 1. The quantitative estimate of drug-likeness (QED) is 0.776. The van der Waals surface area contributed by atoms with Crippen LogP contribution in [0.3, 0.4) is 0 Å². The third-order valence-corrected chi connectivity index (χ3v) is 3.00. The largest absolute Gasteiger partial charge is 0.479 e. The lowest BCUT2D eigenvalue weighted by Gasteiger charge is -2.33. The van der Waals surface area contributed by atoms with Gasteiger partial charge in [0.15, 0.2) is 24.8 Å². The molecule has 0 radical (unpaired) electrons. The highest BCUT2D eigenvalue weighted by atomic mass is 19.1. The number of para-hydroxylation sites is 1. The van der Waals surface area contributed by atoms with Crippen LogP contribution in [-0.4, -0.2) is 30.6 Å². The van der Waals surface area contributed by atoms with Crippen LogP contribution in [0.2, 0.25) is 0 Å². The molecule has 0 saturated heterocycles. The maximum Gasteiger partial charge on any atom is 0.344 e. The van der Waals surface area contributed by atoms with E-state index in [4.69, 9.17) is 9.47 Å². The van der Waals surface area contributed by atoms with Crippen LogP contribution in [-0.2, 0) is 14.3 Å². The van der Waals surface area contributed by atoms with Crippen molar-refractivity contribution in [2.75, 3.05) is 13.2 Å². The van der Waals surface area contributed by atoms with E-state index in [0.29, 0.717) is 0 Å². The molecule has 0 fully saturated rings. The van der Waals surface area contributed by atoms with Crippen molar-refractivity contribution in [3.05, 3.63) is 30.1 Å². The van der Waals surface area contributed by atoms with Crippen LogP contribution >= 0.6 is 0 Å². The molecule has 0 bridgehead atoms. The molecule has 1 N–H and O–H groups in total. The molecule has 1 rings (SSSR count). The van der Waals surface area contributed by atoms with Gasteiger partial charge in [-0.15, -0.1) is 0 Å². The van der Waals surface area contributed by atoms with Crippen molar-refractivity contribution in [3.63, 3.8) is 0 Å². The van der Waals surface area contributed by atoms with E-state index < -0.39 is 30.5 Å². The third-order valence-electron chi connectivity index (χ3n) is 3.00. The lowest BCUT2D eigenvalue weighted by Crippen LogP contribution is -2.47. The average molecular weight is 339 g/mol. The van der Waals surface area contributed by atoms with Gasteiger partial charge in [-0.2, -0.15) is 0 Å². The van der Waals surface area contributed by atoms with E-state index in [1.54, 1.807) is 6.07 Å². The molecule has 1 aromatic carbocycles. The molecule has 0 aromatic heterocycles. The molecule has 5 nitrogen and oxygen atoms in total. The Balaban J connectivity index is 2.36. The standard InChI is InChI=1S/C18H26FNO4/c1-17(2,3)12-18(4,5)20-15(21)10-24-16(22)11-23-14-9-7-6-8-13(14)19/h6-9H,10-12H2,1-5H3,(H,20,21). The van der Waals surface area contributed by atoms with Crippen LogP contribution in [0, 0.1) is 11.2 Å². The fraction of sp³-hybridized carbons (Fsp3) is 0.556. The first kappa shape index (κ1) is 19.9. The van der Waals surface area contributed by atoms with Crippen molar-refractivity contribution in [3.8, 4) is 5.75 Å². The Hall–Kier alpha value is -2.11. The number of amides is 1. The van der Waals surface area contributed by atoms with Gasteiger partial charge in [0.05, 0.1) is 0 Å². The summed E-state index contributed by atoms with van der Waals surface area (Å²) in [4.78, 5) is 23.5. The number of esters is 1. The van der Waals surface area contributed by atoms with Gasteiger partial charge in [0, 0.05) is 5.54 Å². The molecule has 0 atom stereocenters. The summed E-state index contributed by atoms with van der Waals surface area (Å²) in [5.41, 5.74) is -0.355. The summed E-state index contributed by atoms with van der Waals surface area (Å²) in [6.45, 7) is 9.23. The van der Waals surface area contributed by atoms with Crippen molar-refractivity contribution < 1.29 is 23.5 Å². The molecule has 0 aliphatic rings. The zero-order valence-corrected chi connectivity index (χ0v) is 14.9. The van der Waals surface area contributed by atoms with E-state index in [0.717, 1.165) is 6.42 Å². The fourth-order valence-electron chi connectivity index (χ4n) is 2.67. The number of benzene rings is 1. The number of hydrogen-bond acceptors (Lipinski definition) is 4. The second-order valence-electron chi connectivity index (χ2n) is 7.55. The Morgan fingerprint density at radius 3 is 2.29 bits per heavy atom. The Labute approximate surface area is 142 Å². The van der Waals surface area contributed by atoms with Gasteiger partial charge in [0.2, 0.25) is 0 Å². The average Bonchev–Trinajstić information content (AvgIpc) is 2.41. The molecular weight excluding hydrogens is 313 g/mol. The van der Waals surface area contributed by atoms with Crippen molar-refractivity contribution in [2.24, 2.45) is 5.41 Å². The van der Waals surface area contributed by atoms with Gasteiger partial charge in [0.25, 0.3) is 5.91 Å². The molecule has 0 heterocycles. The maximum absolute atomic E-state index is 13.3. The molecule has 6 heteroatoms. The van der Waals surface area contributed by atoms with Gasteiger partial charge in [-0.3, -0.25) is 4.79 Å². The number of carbonyl (C=O) groups is 2. The van der Waals surface area contributed by atoms with Gasteiger partial charge < -0.3 is 14.8 Å². The first-order chi connectivity index (χ1) is 11.0. The first-order valence-corrected chi connectivity index (χ1v) is 7.82. The van der Waals surface area contributed by atoms with Crippen LogP contribution in [0.25, 0.3) is 0 Å². The van der Waals surface area contributed by atoms with Crippen molar-refractivity contribution >= 4 is 11.9 Å². The van der Waals surface area contributed by atoms with Gasteiger partial charge in [0.1, 0.15) is 0 Å². The zero-order valence-electron chi connectivity index (χ0n) is 14.9. The van der Waals surface area contributed by atoms with E-state index in [1.165, 1.54) is 18.2 Å². The minimum absolute atomic E-state index is 0.0368. The van der Waals surface area contributed by atoms with Crippen molar-refractivity contribution in [2.45, 2.75) is 46.6 Å². The summed E-state index contributed by atoms with van der Waals surface area (Å²) in [5.74, 6) is -1.72. The number of ether oxygens (including phenoxy) is 2. The predicted molar refractivity (Wildman–Crippen MR) is 89.1 cm³/mol. The molecule has 0 aliphatic heterocycles. The monoisotopic (exact) mass is 339 g/mol. The van der Waals surface area contributed by atoms with Crippen LogP contribution in [0.5, 0.6) is 5.75 Å². The van der Waals surface area contributed by atoms with Gasteiger partial charge in [-0.1, -0.05) is 32.9 Å². The molecule has 0 aliphatic carbocycles. The number of hydrogen-bond donors (Lipinski definition) is 1. The Morgan fingerprint density at radius 2 is 1.71 bits per heavy atom. The second kappa shape index (κ2) is 8.13. The fourth-order valence-corrected chi connectivity index (χ4v) is 2.67. The lowest BCUT2D eigenvalue weighted by molar-refractivity contribution is -0.151. The number of carbonyl (C=O) groups excluding carboxylic acids is 2. The predicted octanol–water partition coefficient (Wildman–Crippen LogP) is 3.08. The molecule has 134 valence electrons. The highest BCUT2D eigenvalue weighted by Crippen LogP contribution is 2.26. The lowest BCUT2D eigenvalue weighted by atomic mass is 9.82. The van der Waals surface area contributed by atoms with Crippen molar-refractivity contribution in [1.29, 1.82) is 0 Å². The van der Waals surface area contributed by atoms with E-state index >= 15 is 0 Å². The molecule has 0 spiro atoms. The summed E-state index contributed by atoms with van der Waals surface area (Å²) in [6.07, 6.45) is 0.774.